The molecule has 5 heteroatoms. The van der Waals surface area contributed by atoms with Gasteiger partial charge in [0.1, 0.15) is 11.0 Å². The molecule has 100 valence electrons. The Morgan fingerprint density at radius 3 is 2.84 bits per heavy atom. The second-order valence-electron chi connectivity index (χ2n) is 5.02. The molecule has 19 heavy (non-hydrogen) atoms. The van der Waals surface area contributed by atoms with E-state index in [9.17, 15) is 5.11 Å². The normalized spacial score (nSPS) is 17.2. The van der Waals surface area contributed by atoms with Crippen molar-refractivity contribution in [1.82, 2.24) is 4.98 Å². The van der Waals surface area contributed by atoms with Crippen LogP contribution in [0.5, 0.6) is 0 Å². The topological polar surface area (TPSA) is 54.4 Å². The van der Waals surface area contributed by atoms with Gasteiger partial charge in [-0.2, -0.15) is 0 Å². The first-order valence-electron chi connectivity index (χ1n) is 6.20. The number of ether oxygens (including phenoxy) is 1. The van der Waals surface area contributed by atoms with Crippen LogP contribution in [-0.2, 0) is 4.74 Å². The Labute approximate surface area is 116 Å². The number of nitrogens with zero attached hydrogens (tertiary/aromatic N) is 1. The summed E-state index contributed by atoms with van der Waals surface area (Å²) in [7, 11) is 0. The molecular formula is C14H15ClN2O2. The summed E-state index contributed by atoms with van der Waals surface area (Å²) < 4.78 is 5.17. The number of anilines is 1. The highest BCUT2D eigenvalue weighted by Gasteiger charge is 2.37. The van der Waals surface area contributed by atoms with E-state index in [1.165, 1.54) is 0 Å². The van der Waals surface area contributed by atoms with E-state index in [1.807, 2.05) is 30.3 Å². The van der Waals surface area contributed by atoms with Crippen LogP contribution in [0.2, 0.25) is 5.15 Å². The molecule has 0 unspecified atom stereocenters. The predicted octanol–water partition coefficient (Wildman–Crippen LogP) is 2.31. The van der Waals surface area contributed by atoms with E-state index in [1.54, 1.807) is 0 Å². The summed E-state index contributed by atoms with van der Waals surface area (Å²) in [6, 6.07) is 9.82. The van der Waals surface area contributed by atoms with Gasteiger partial charge in [-0.25, -0.2) is 4.98 Å². The molecule has 2 N–H and O–H groups in total. The van der Waals surface area contributed by atoms with Gasteiger partial charge in [-0.15, -0.1) is 0 Å². The average Bonchev–Trinajstić information content (AvgIpc) is 2.38. The first-order chi connectivity index (χ1) is 9.22. The molecule has 2 aromatic rings. The molecule has 0 radical (unpaired) electrons. The van der Waals surface area contributed by atoms with Crippen molar-refractivity contribution in [2.45, 2.75) is 0 Å². The minimum Gasteiger partial charge on any atom is -0.396 e. The fourth-order valence-corrected chi connectivity index (χ4v) is 2.43. The smallest absolute Gasteiger partial charge is 0.139 e. The zero-order valence-corrected chi connectivity index (χ0v) is 11.2. The summed E-state index contributed by atoms with van der Waals surface area (Å²) in [5.41, 5.74) is -0.181. The Morgan fingerprint density at radius 1 is 1.37 bits per heavy atom. The number of halogens is 1. The van der Waals surface area contributed by atoms with Gasteiger partial charge in [-0.1, -0.05) is 35.9 Å². The minimum absolute atomic E-state index is 0.112. The van der Waals surface area contributed by atoms with E-state index >= 15 is 0 Å². The molecule has 0 spiro atoms. The van der Waals surface area contributed by atoms with Crippen LogP contribution in [0.1, 0.15) is 0 Å². The molecule has 0 aliphatic carbocycles. The molecule has 1 saturated heterocycles. The van der Waals surface area contributed by atoms with Crippen molar-refractivity contribution in [2.75, 3.05) is 31.7 Å². The fourth-order valence-electron chi connectivity index (χ4n) is 2.16. The van der Waals surface area contributed by atoms with Gasteiger partial charge < -0.3 is 15.2 Å². The monoisotopic (exact) mass is 278 g/mol. The molecule has 1 aromatic carbocycles. The summed E-state index contributed by atoms with van der Waals surface area (Å²) in [6.45, 7) is 1.90. The number of fused-ring (bicyclic) bond motifs is 1. The Kier molecular flexibility index (Phi) is 3.31. The van der Waals surface area contributed by atoms with Crippen molar-refractivity contribution >= 4 is 28.2 Å². The summed E-state index contributed by atoms with van der Waals surface area (Å²) in [4.78, 5) is 4.33. The van der Waals surface area contributed by atoms with Gasteiger partial charge in [0, 0.05) is 11.9 Å². The first-order valence-corrected chi connectivity index (χ1v) is 6.58. The molecule has 1 aliphatic heterocycles. The van der Waals surface area contributed by atoms with Gasteiger partial charge in [-0.3, -0.25) is 0 Å². The SMILES string of the molecule is OCC1(CNc2cc3ccccc3c(Cl)n2)COC1. The van der Waals surface area contributed by atoms with Crippen molar-refractivity contribution in [3.8, 4) is 0 Å². The third-order valence-corrected chi connectivity index (χ3v) is 3.78. The van der Waals surface area contributed by atoms with Crippen molar-refractivity contribution in [3.63, 3.8) is 0 Å². The lowest BCUT2D eigenvalue weighted by Gasteiger charge is -2.39. The van der Waals surface area contributed by atoms with Crippen LogP contribution >= 0.6 is 11.6 Å². The average molecular weight is 279 g/mol. The van der Waals surface area contributed by atoms with Crippen molar-refractivity contribution < 1.29 is 9.84 Å². The third-order valence-electron chi connectivity index (χ3n) is 3.49. The van der Waals surface area contributed by atoms with Gasteiger partial charge in [0.05, 0.1) is 25.2 Å². The highest BCUT2D eigenvalue weighted by Crippen LogP contribution is 2.28. The number of aliphatic hydroxyl groups is 1. The minimum atomic E-state index is -0.181. The number of hydrogen-bond acceptors (Lipinski definition) is 4. The summed E-state index contributed by atoms with van der Waals surface area (Å²) in [5.74, 6) is 0.725. The predicted molar refractivity (Wildman–Crippen MR) is 75.6 cm³/mol. The zero-order chi connectivity index (χ0) is 13.3. The molecule has 0 atom stereocenters. The lowest BCUT2D eigenvalue weighted by atomic mass is 9.87. The maximum absolute atomic E-state index is 9.37. The number of hydrogen-bond donors (Lipinski definition) is 2. The van der Waals surface area contributed by atoms with Gasteiger partial charge in [-0.05, 0) is 11.5 Å². The molecule has 1 aliphatic rings. The fraction of sp³-hybridized carbons (Fsp3) is 0.357. The highest BCUT2D eigenvalue weighted by atomic mass is 35.5. The molecule has 0 amide bonds. The molecule has 1 fully saturated rings. The van der Waals surface area contributed by atoms with Crippen LogP contribution in [0.15, 0.2) is 30.3 Å². The van der Waals surface area contributed by atoms with Crippen LogP contribution in [-0.4, -0.2) is 36.5 Å². The standard InChI is InChI=1S/C14H15ClN2O2/c15-13-11-4-2-1-3-10(11)5-12(17-13)16-6-14(7-18)8-19-9-14/h1-5,18H,6-9H2,(H,16,17). The Balaban J connectivity index is 1.81. The number of aromatic nitrogens is 1. The van der Waals surface area contributed by atoms with E-state index in [0.29, 0.717) is 24.9 Å². The quantitative estimate of drug-likeness (QED) is 0.843. The largest absolute Gasteiger partial charge is 0.396 e. The van der Waals surface area contributed by atoms with Gasteiger partial charge >= 0.3 is 0 Å². The molecule has 3 rings (SSSR count). The number of benzene rings is 1. The molecule has 0 saturated carbocycles. The summed E-state index contributed by atoms with van der Waals surface area (Å²) in [6.07, 6.45) is 0. The molecular weight excluding hydrogens is 264 g/mol. The molecule has 1 aromatic heterocycles. The number of aliphatic hydroxyl groups excluding tert-OH is 1. The lowest BCUT2D eigenvalue weighted by Crippen LogP contribution is -2.50. The Hall–Kier alpha value is -1.36. The van der Waals surface area contributed by atoms with E-state index < -0.39 is 0 Å². The molecule has 2 heterocycles. The first kappa shape index (κ1) is 12.7. The number of nitrogens with one attached hydrogen (secondary N) is 1. The number of pyridine rings is 1. The third kappa shape index (κ3) is 2.39. The summed E-state index contributed by atoms with van der Waals surface area (Å²) >= 11 is 6.17. The second-order valence-corrected chi connectivity index (χ2v) is 5.38. The van der Waals surface area contributed by atoms with Crippen LogP contribution in [0.25, 0.3) is 10.8 Å². The summed E-state index contributed by atoms with van der Waals surface area (Å²) in [5, 5.41) is 15.1. The highest BCUT2D eigenvalue weighted by molar-refractivity contribution is 6.34. The van der Waals surface area contributed by atoms with Crippen molar-refractivity contribution in [1.29, 1.82) is 0 Å². The van der Waals surface area contributed by atoms with Crippen LogP contribution in [0.3, 0.4) is 0 Å². The molecule has 4 nitrogen and oxygen atoms in total. The van der Waals surface area contributed by atoms with Crippen LogP contribution < -0.4 is 5.32 Å². The van der Waals surface area contributed by atoms with Crippen LogP contribution in [0, 0.1) is 5.41 Å². The van der Waals surface area contributed by atoms with Gasteiger partial charge in [0.25, 0.3) is 0 Å². The zero-order valence-electron chi connectivity index (χ0n) is 10.4. The maximum atomic E-state index is 9.37. The van der Waals surface area contributed by atoms with Crippen molar-refractivity contribution in [3.05, 3.63) is 35.5 Å². The Morgan fingerprint density at radius 2 is 2.16 bits per heavy atom. The van der Waals surface area contributed by atoms with Crippen LogP contribution in [0.4, 0.5) is 5.82 Å². The maximum Gasteiger partial charge on any atom is 0.139 e. The van der Waals surface area contributed by atoms with Gasteiger partial charge in [0.15, 0.2) is 0 Å². The van der Waals surface area contributed by atoms with E-state index in [-0.39, 0.29) is 12.0 Å². The second kappa shape index (κ2) is 4.96. The van der Waals surface area contributed by atoms with Crippen molar-refractivity contribution in [2.24, 2.45) is 5.41 Å². The Bertz CT molecular complexity index is 594. The number of rotatable bonds is 4. The van der Waals surface area contributed by atoms with E-state index in [0.717, 1.165) is 16.6 Å². The lowest BCUT2D eigenvalue weighted by molar-refractivity contribution is -0.128. The van der Waals surface area contributed by atoms with Gasteiger partial charge in [0.2, 0.25) is 0 Å². The van der Waals surface area contributed by atoms with E-state index in [2.05, 4.69) is 10.3 Å². The van der Waals surface area contributed by atoms with E-state index in [4.69, 9.17) is 16.3 Å². The molecule has 0 bridgehead atoms.